The van der Waals surface area contributed by atoms with Gasteiger partial charge in [-0.1, -0.05) is 12.1 Å². The lowest BCUT2D eigenvalue weighted by Crippen LogP contribution is -2.49. The Balaban J connectivity index is 1.21. The number of aliphatic hydroxyl groups excluding tert-OH is 1. The number of aliphatic hydroxyl groups is 1. The molecule has 0 bridgehead atoms. The number of amides is 1. The summed E-state index contributed by atoms with van der Waals surface area (Å²) in [6, 6.07) is 7.96. The molecule has 1 unspecified atom stereocenters. The molecule has 0 saturated carbocycles. The van der Waals surface area contributed by atoms with Crippen molar-refractivity contribution < 1.29 is 23.8 Å². The lowest BCUT2D eigenvalue weighted by Gasteiger charge is -2.36. The summed E-state index contributed by atoms with van der Waals surface area (Å²) in [7, 11) is 1.68. The molecule has 0 radical (unpaired) electrons. The van der Waals surface area contributed by atoms with Crippen LogP contribution in [0, 0.1) is 0 Å². The van der Waals surface area contributed by atoms with E-state index in [1.54, 1.807) is 7.11 Å². The van der Waals surface area contributed by atoms with E-state index in [9.17, 15) is 9.90 Å². The van der Waals surface area contributed by atoms with Crippen LogP contribution in [0.2, 0.25) is 0 Å². The molecule has 10 heteroatoms. The zero-order valence-corrected chi connectivity index (χ0v) is 21.6. The SMILES string of the molecule is COc1ccccc1N1CCN(C(=O)c2coc(CN3CCN(CC(O)COC(C)C)CC3)n2)CC1. The minimum atomic E-state index is -0.476. The second-order valence-corrected chi connectivity index (χ2v) is 9.69. The number of β-amino-alcohol motifs (C(OH)–C–C–N with tert-alkyl or cyclic N) is 1. The van der Waals surface area contributed by atoms with Crippen LogP contribution in [-0.4, -0.2) is 116 Å². The van der Waals surface area contributed by atoms with Gasteiger partial charge >= 0.3 is 0 Å². The van der Waals surface area contributed by atoms with Crippen LogP contribution in [0.3, 0.4) is 0 Å². The Morgan fingerprint density at radius 1 is 1.06 bits per heavy atom. The van der Waals surface area contributed by atoms with E-state index in [1.807, 2.05) is 43.0 Å². The van der Waals surface area contributed by atoms with E-state index in [4.69, 9.17) is 13.9 Å². The molecular weight excluding hydrogens is 462 g/mol. The van der Waals surface area contributed by atoms with Gasteiger partial charge in [-0.2, -0.15) is 0 Å². The Hall–Kier alpha value is -2.66. The highest BCUT2D eigenvalue weighted by Crippen LogP contribution is 2.28. The quantitative estimate of drug-likeness (QED) is 0.520. The van der Waals surface area contributed by atoms with E-state index in [1.165, 1.54) is 6.26 Å². The second kappa shape index (κ2) is 12.5. The maximum Gasteiger partial charge on any atom is 0.275 e. The van der Waals surface area contributed by atoms with Crippen molar-refractivity contribution in [2.24, 2.45) is 0 Å². The molecule has 2 aliphatic heterocycles. The summed E-state index contributed by atoms with van der Waals surface area (Å²) >= 11 is 0. The Kier molecular flexibility index (Phi) is 9.19. The molecule has 0 spiro atoms. The van der Waals surface area contributed by atoms with Gasteiger partial charge in [0.2, 0.25) is 5.89 Å². The van der Waals surface area contributed by atoms with Crippen molar-refractivity contribution in [3.63, 3.8) is 0 Å². The van der Waals surface area contributed by atoms with E-state index in [2.05, 4.69) is 19.7 Å². The zero-order valence-electron chi connectivity index (χ0n) is 21.6. The molecule has 1 aromatic carbocycles. The molecule has 1 aromatic heterocycles. The lowest BCUT2D eigenvalue weighted by atomic mass is 10.2. The molecule has 2 aliphatic rings. The molecule has 36 heavy (non-hydrogen) atoms. The van der Waals surface area contributed by atoms with Gasteiger partial charge in [0.05, 0.1) is 38.2 Å². The average Bonchev–Trinajstić information content (AvgIpc) is 3.36. The first-order valence-corrected chi connectivity index (χ1v) is 12.8. The number of carbonyl (C=O) groups is 1. The summed E-state index contributed by atoms with van der Waals surface area (Å²) in [5.41, 5.74) is 1.41. The number of carbonyl (C=O) groups excluding carboxylic acids is 1. The predicted octanol–water partition coefficient (Wildman–Crippen LogP) is 1.55. The zero-order chi connectivity index (χ0) is 25.5. The molecule has 0 aliphatic carbocycles. The number of para-hydroxylation sites is 2. The molecule has 2 saturated heterocycles. The average molecular weight is 502 g/mol. The van der Waals surface area contributed by atoms with E-state index < -0.39 is 6.10 Å². The number of oxazole rings is 1. The Morgan fingerprint density at radius 3 is 2.44 bits per heavy atom. The number of methoxy groups -OCH3 is 1. The third kappa shape index (κ3) is 6.97. The van der Waals surface area contributed by atoms with Gasteiger partial charge in [-0.25, -0.2) is 4.98 Å². The first kappa shape index (κ1) is 26.4. The number of anilines is 1. The van der Waals surface area contributed by atoms with E-state index in [0.717, 1.165) is 50.7 Å². The normalized spacial score (nSPS) is 18.6. The van der Waals surface area contributed by atoms with Gasteiger partial charge in [-0.15, -0.1) is 0 Å². The molecule has 2 fully saturated rings. The molecule has 1 atom stereocenters. The number of nitrogens with zero attached hydrogens (tertiary/aromatic N) is 5. The Morgan fingerprint density at radius 2 is 1.75 bits per heavy atom. The number of hydrogen-bond donors (Lipinski definition) is 1. The Labute approximate surface area is 213 Å². The Bertz CT molecular complexity index is 967. The number of rotatable bonds is 10. The summed E-state index contributed by atoms with van der Waals surface area (Å²) in [6.45, 7) is 11.6. The van der Waals surface area contributed by atoms with Gasteiger partial charge in [-0.05, 0) is 26.0 Å². The molecule has 1 N–H and O–H groups in total. The molecular formula is C26H39N5O5. The molecule has 3 heterocycles. The van der Waals surface area contributed by atoms with Gasteiger partial charge in [0, 0.05) is 58.9 Å². The summed E-state index contributed by atoms with van der Waals surface area (Å²) in [5.74, 6) is 1.31. The topological polar surface area (TPSA) is 94.8 Å². The smallest absolute Gasteiger partial charge is 0.275 e. The van der Waals surface area contributed by atoms with E-state index in [-0.39, 0.29) is 12.0 Å². The third-order valence-corrected chi connectivity index (χ3v) is 6.68. The maximum atomic E-state index is 13.0. The number of benzene rings is 1. The van der Waals surface area contributed by atoms with Gasteiger partial charge in [0.25, 0.3) is 5.91 Å². The van der Waals surface area contributed by atoms with Crippen molar-refractivity contribution in [1.29, 1.82) is 0 Å². The van der Waals surface area contributed by atoms with Crippen LogP contribution in [0.4, 0.5) is 5.69 Å². The van der Waals surface area contributed by atoms with Gasteiger partial charge in [0.15, 0.2) is 5.69 Å². The van der Waals surface area contributed by atoms with Crippen molar-refractivity contribution in [1.82, 2.24) is 19.7 Å². The summed E-state index contributed by atoms with van der Waals surface area (Å²) in [5, 5.41) is 10.2. The lowest BCUT2D eigenvalue weighted by molar-refractivity contribution is -0.0151. The van der Waals surface area contributed by atoms with Crippen molar-refractivity contribution >= 4 is 11.6 Å². The summed E-state index contributed by atoms with van der Waals surface area (Å²) in [6.07, 6.45) is 1.12. The highest BCUT2D eigenvalue weighted by atomic mass is 16.5. The number of ether oxygens (including phenoxy) is 2. The molecule has 10 nitrogen and oxygen atoms in total. The van der Waals surface area contributed by atoms with Gasteiger partial charge in [0.1, 0.15) is 12.0 Å². The third-order valence-electron chi connectivity index (χ3n) is 6.68. The molecule has 2 aromatic rings. The highest BCUT2D eigenvalue weighted by molar-refractivity contribution is 5.92. The van der Waals surface area contributed by atoms with E-state index in [0.29, 0.717) is 44.4 Å². The first-order chi connectivity index (χ1) is 17.4. The predicted molar refractivity (Wildman–Crippen MR) is 136 cm³/mol. The maximum absolute atomic E-state index is 13.0. The van der Waals surface area contributed by atoms with Crippen LogP contribution < -0.4 is 9.64 Å². The van der Waals surface area contributed by atoms with Gasteiger partial charge < -0.3 is 28.8 Å². The fourth-order valence-corrected chi connectivity index (χ4v) is 4.66. The second-order valence-electron chi connectivity index (χ2n) is 9.69. The number of hydrogen-bond acceptors (Lipinski definition) is 9. The van der Waals surface area contributed by atoms with Crippen LogP contribution in [0.1, 0.15) is 30.2 Å². The summed E-state index contributed by atoms with van der Waals surface area (Å²) < 4.78 is 16.6. The standard InChI is InChI=1S/C26H39N5O5/c1-20(2)35-18-21(32)16-28-8-10-29(11-9-28)17-25-27-22(19-36-25)26(33)31-14-12-30(13-15-31)23-6-4-5-7-24(23)34-3/h4-7,19-21,32H,8-18H2,1-3H3. The van der Waals surface area contributed by atoms with Crippen molar-refractivity contribution in [3.05, 3.63) is 42.1 Å². The highest BCUT2D eigenvalue weighted by Gasteiger charge is 2.26. The van der Waals surface area contributed by atoms with Gasteiger partial charge in [-0.3, -0.25) is 14.6 Å². The van der Waals surface area contributed by atoms with Crippen LogP contribution in [0.15, 0.2) is 34.9 Å². The molecule has 198 valence electrons. The molecule has 1 amide bonds. The van der Waals surface area contributed by atoms with Crippen molar-refractivity contribution in [2.45, 2.75) is 32.6 Å². The number of piperazine rings is 2. The fraction of sp³-hybridized carbons (Fsp3) is 0.615. The first-order valence-electron chi connectivity index (χ1n) is 12.8. The number of aromatic nitrogens is 1. The summed E-state index contributed by atoms with van der Waals surface area (Å²) in [4.78, 5) is 26.1. The van der Waals surface area contributed by atoms with Crippen molar-refractivity contribution in [2.75, 3.05) is 77.5 Å². The largest absolute Gasteiger partial charge is 0.495 e. The van der Waals surface area contributed by atoms with Crippen LogP contribution in [0.5, 0.6) is 5.75 Å². The van der Waals surface area contributed by atoms with E-state index >= 15 is 0 Å². The minimum Gasteiger partial charge on any atom is -0.495 e. The fourth-order valence-electron chi connectivity index (χ4n) is 4.66. The monoisotopic (exact) mass is 501 g/mol. The minimum absolute atomic E-state index is 0.0906. The van der Waals surface area contributed by atoms with Crippen LogP contribution in [0.25, 0.3) is 0 Å². The molecule has 4 rings (SSSR count). The van der Waals surface area contributed by atoms with Crippen molar-refractivity contribution in [3.8, 4) is 5.75 Å². The van der Waals surface area contributed by atoms with Crippen LogP contribution >= 0.6 is 0 Å². The van der Waals surface area contributed by atoms with Crippen LogP contribution in [-0.2, 0) is 11.3 Å².